The number of aliphatic carboxylic acids is 2. The van der Waals surface area contributed by atoms with E-state index < -0.39 is 18.1 Å². The monoisotopic (exact) mass is 550 g/mol. The number of carboxylic acid groups (broad SMARTS) is 2. The number of nitrogens with zero attached hydrogens (tertiary/aromatic N) is 5. The molecule has 3 heterocycles. The molecule has 208 valence electrons. The number of piperazine rings is 1. The number of ether oxygens (including phenoxy) is 1. The number of halogens is 3. The van der Waals surface area contributed by atoms with E-state index in [0.717, 1.165) is 26.2 Å². The molecule has 15 heteroatoms. The highest BCUT2D eigenvalue weighted by Crippen LogP contribution is 2.26. The van der Waals surface area contributed by atoms with E-state index in [0.29, 0.717) is 29.3 Å². The van der Waals surface area contributed by atoms with Crippen LogP contribution >= 0.6 is 0 Å². The van der Waals surface area contributed by atoms with Gasteiger partial charge in [-0.2, -0.15) is 23.1 Å². The summed E-state index contributed by atoms with van der Waals surface area (Å²) in [4.78, 5) is 44.6. The summed E-state index contributed by atoms with van der Waals surface area (Å²) < 4.78 is 40.7. The van der Waals surface area contributed by atoms with Crippen LogP contribution in [0.1, 0.15) is 12.5 Å². The van der Waals surface area contributed by atoms with Crippen molar-refractivity contribution >= 4 is 29.1 Å². The predicted molar refractivity (Wildman–Crippen MR) is 133 cm³/mol. The number of carbonyl (C=O) groups is 2. The molecule has 3 aromatic rings. The van der Waals surface area contributed by atoms with Crippen LogP contribution < -0.4 is 20.5 Å². The molecule has 1 aliphatic heterocycles. The van der Waals surface area contributed by atoms with Gasteiger partial charge in [-0.1, -0.05) is 24.1 Å². The van der Waals surface area contributed by atoms with Crippen LogP contribution in [0.3, 0.4) is 0 Å². The molecule has 0 unspecified atom stereocenters. The maximum Gasteiger partial charge on any atom is 0.490 e. The van der Waals surface area contributed by atoms with E-state index in [4.69, 9.17) is 19.7 Å². The van der Waals surface area contributed by atoms with Gasteiger partial charge in [0.2, 0.25) is 5.95 Å². The number of nitrogens with one attached hydrogen (secondary N) is 1. The number of hydrogen-bond donors (Lipinski definition) is 3. The Hall–Kier alpha value is -4.58. The number of anilines is 1. The van der Waals surface area contributed by atoms with Gasteiger partial charge < -0.3 is 25.2 Å². The average molecular weight is 550 g/mol. The number of para-hydroxylation sites is 1. The molecule has 2 aromatic heterocycles. The number of carboxylic acids is 2. The topological polar surface area (TPSA) is 152 Å². The molecule has 0 spiro atoms. The second-order valence-corrected chi connectivity index (χ2v) is 8.18. The van der Waals surface area contributed by atoms with E-state index >= 15 is 0 Å². The van der Waals surface area contributed by atoms with Crippen LogP contribution in [0.5, 0.6) is 11.8 Å². The third kappa shape index (κ3) is 7.05. The Morgan fingerprint density at radius 3 is 2.38 bits per heavy atom. The van der Waals surface area contributed by atoms with E-state index in [1.807, 2.05) is 0 Å². The molecule has 3 N–H and O–H groups in total. The van der Waals surface area contributed by atoms with E-state index in [-0.39, 0.29) is 23.6 Å². The first-order valence-electron chi connectivity index (χ1n) is 11.5. The molecule has 1 saturated heterocycles. The zero-order valence-corrected chi connectivity index (χ0v) is 20.9. The number of hydrogen-bond acceptors (Lipinski definition) is 8. The molecule has 0 aliphatic carbocycles. The largest absolute Gasteiger partial charge is 0.490 e. The molecule has 0 amide bonds. The minimum absolute atomic E-state index is 0.0402. The van der Waals surface area contributed by atoms with Gasteiger partial charge in [0.05, 0.1) is 13.0 Å². The molecule has 4 rings (SSSR count). The fourth-order valence-corrected chi connectivity index (χ4v) is 3.65. The SMILES string of the molecule is CC#CCn1c(N2CCNCC2)nc2nc(Oc3ccccc3CC(=O)O)n(C)c(=O)c21.O=C(O)C(F)(F)F. The van der Waals surface area contributed by atoms with E-state index in [9.17, 15) is 22.8 Å². The van der Waals surface area contributed by atoms with Gasteiger partial charge in [-0.15, -0.1) is 5.92 Å². The fourth-order valence-electron chi connectivity index (χ4n) is 3.65. The van der Waals surface area contributed by atoms with Crippen LogP contribution in [0.2, 0.25) is 0 Å². The molecule has 1 fully saturated rings. The van der Waals surface area contributed by atoms with Gasteiger partial charge in [-0.3, -0.25) is 18.7 Å². The summed E-state index contributed by atoms with van der Waals surface area (Å²) in [6, 6.07) is 6.82. The molecule has 39 heavy (non-hydrogen) atoms. The van der Waals surface area contributed by atoms with Gasteiger partial charge >= 0.3 is 24.1 Å². The van der Waals surface area contributed by atoms with E-state index in [1.165, 1.54) is 4.57 Å². The van der Waals surface area contributed by atoms with Crippen LogP contribution in [0.15, 0.2) is 29.1 Å². The third-order valence-corrected chi connectivity index (χ3v) is 5.50. The molecule has 0 atom stereocenters. The van der Waals surface area contributed by atoms with Gasteiger partial charge in [0.25, 0.3) is 5.56 Å². The van der Waals surface area contributed by atoms with Crippen molar-refractivity contribution in [1.82, 2.24) is 24.4 Å². The highest BCUT2D eigenvalue weighted by Gasteiger charge is 2.38. The first-order valence-corrected chi connectivity index (χ1v) is 11.5. The van der Waals surface area contributed by atoms with E-state index in [1.54, 1.807) is 42.8 Å². The Labute approximate surface area is 219 Å². The zero-order valence-electron chi connectivity index (χ0n) is 20.9. The minimum atomic E-state index is -5.08. The molecule has 1 aliphatic rings. The Kier molecular flexibility index (Phi) is 9.15. The summed E-state index contributed by atoms with van der Waals surface area (Å²) in [7, 11) is 1.57. The number of aromatic nitrogens is 4. The molecular formula is C24H25F3N6O6. The summed E-state index contributed by atoms with van der Waals surface area (Å²) in [6.07, 6.45) is -5.29. The lowest BCUT2D eigenvalue weighted by Crippen LogP contribution is -2.44. The van der Waals surface area contributed by atoms with Crippen LogP contribution in [0, 0.1) is 11.8 Å². The van der Waals surface area contributed by atoms with Crippen LogP contribution in [-0.2, 0) is 29.6 Å². The second-order valence-electron chi connectivity index (χ2n) is 8.18. The van der Waals surface area contributed by atoms with Crippen LogP contribution in [0.25, 0.3) is 11.2 Å². The van der Waals surface area contributed by atoms with Crippen molar-refractivity contribution in [3.8, 4) is 23.6 Å². The summed E-state index contributed by atoms with van der Waals surface area (Å²) in [6.45, 7) is 5.24. The van der Waals surface area contributed by atoms with Crippen molar-refractivity contribution in [3.63, 3.8) is 0 Å². The Balaban J connectivity index is 0.000000532. The normalized spacial score (nSPS) is 13.2. The van der Waals surface area contributed by atoms with E-state index in [2.05, 4.69) is 32.0 Å². The van der Waals surface area contributed by atoms with Crippen molar-refractivity contribution in [2.45, 2.75) is 26.1 Å². The van der Waals surface area contributed by atoms with Gasteiger partial charge in [-0.05, 0) is 13.0 Å². The Morgan fingerprint density at radius 2 is 1.79 bits per heavy atom. The molecule has 12 nitrogen and oxygen atoms in total. The summed E-state index contributed by atoms with van der Waals surface area (Å²) in [5.41, 5.74) is 0.798. The summed E-state index contributed by atoms with van der Waals surface area (Å²) >= 11 is 0. The number of benzene rings is 1. The van der Waals surface area contributed by atoms with Gasteiger partial charge in [0.1, 0.15) is 5.75 Å². The number of imidazole rings is 1. The maximum absolute atomic E-state index is 13.3. The van der Waals surface area contributed by atoms with Gasteiger partial charge in [-0.25, -0.2) is 4.79 Å². The second kappa shape index (κ2) is 12.3. The zero-order chi connectivity index (χ0) is 28.7. The maximum atomic E-state index is 13.3. The highest BCUT2D eigenvalue weighted by atomic mass is 19.4. The Bertz CT molecular complexity index is 1480. The van der Waals surface area contributed by atoms with Crippen LogP contribution in [0.4, 0.5) is 19.1 Å². The van der Waals surface area contributed by atoms with Crippen molar-refractivity contribution in [1.29, 1.82) is 0 Å². The molecule has 0 bridgehead atoms. The highest BCUT2D eigenvalue weighted by molar-refractivity contribution is 5.75. The molecule has 0 saturated carbocycles. The standard InChI is InChI=1S/C22H24N6O4.C2HF3O2/c1-3-4-11-28-18-19(24-21(28)27-12-9-23-10-13-27)25-22(26(2)20(18)31)32-16-8-6-5-7-15(16)14-17(29)30;3-2(4,5)1(6)7/h5-8,23H,9-14H2,1-2H3,(H,29,30);(H,6,7). The lowest BCUT2D eigenvalue weighted by molar-refractivity contribution is -0.192. The molecular weight excluding hydrogens is 525 g/mol. The number of alkyl halides is 3. The smallest absolute Gasteiger partial charge is 0.481 e. The predicted octanol–water partition coefficient (Wildman–Crippen LogP) is 1.62. The Morgan fingerprint density at radius 1 is 1.15 bits per heavy atom. The quantitative estimate of drug-likeness (QED) is 0.386. The summed E-state index contributed by atoms with van der Waals surface area (Å²) in [5.74, 6) is 3.13. The van der Waals surface area contributed by atoms with Crippen molar-refractivity contribution < 1.29 is 37.7 Å². The average Bonchev–Trinajstić information content (AvgIpc) is 3.25. The van der Waals surface area contributed by atoms with Crippen molar-refractivity contribution in [3.05, 3.63) is 40.2 Å². The minimum Gasteiger partial charge on any atom is -0.481 e. The fraction of sp³-hybridized carbons (Fsp3) is 0.375. The number of rotatable bonds is 6. The lowest BCUT2D eigenvalue weighted by atomic mass is 10.1. The van der Waals surface area contributed by atoms with Gasteiger partial charge in [0.15, 0.2) is 11.2 Å². The van der Waals surface area contributed by atoms with Crippen molar-refractivity contribution in [2.24, 2.45) is 7.05 Å². The third-order valence-electron chi connectivity index (χ3n) is 5.50. The molecule has 1 aromatic carbocycles. The molecule has 0 radical (unpaired) electrons. The first-order chi connectivity index (χ1) is 18.4. The first kappa shape index (κ1) is 29.0. The van der Waals surface area contributed by atoms with Crippen LogP contribution in [-0.4, -0.2) is 73.6 Å². The van der Waals surface area contributed by atoms with Crippen molar-refractivity contribution in [2.75, 3.05) is 31.1 Å². The van der Waals surface area contributed by atoms with Gasteiger partial charge in [0, 0.05) is 38.8 Å². The number of fused-ring (bicyclic) bond motifs is 1. The summed E-state index contributed by atoms with van der Waals surface area (Å²) in [5, 5.41) is 19.6. The lowest BCUT2D eigenvalue weighted by Gasteiger charge is -2.28.